The summed E-state index contributed by atoms with van der Waals surface area (Å²) in [6, 6.07) is 13.3. The third-order valence-electron chi connectivity index (χ3n) is 4.53. The van der Waals surface area contributed by atoms with Crippen LogP contribution in [-0.4, -0.2) is 0 Å². The van der Waals surface area contributed by atoms with Gasteiger partial charge < -0.3 is 0 Å². The molecule has 0 bridgehead atoms. The van der Waals surface area contributed by atoms with Gasteiger partial charge in [0.25, 0.3) is 0 Å². The zero-order chi connectivity index (χ0) is 15.2. The van der Waals surface area contributed by atoms with Gasteiger partial charge in [-0.25, -0.2) is 0 Å². The second-order valence-electron chi connectivity index (χ2n) is 5.71. The van der Waals surface area contributed by atoms with Gasteiger partial charge in [0.1, 0.15) is 0 Å². The van der Waals surface area contributed by atoms with Gasteiger partial charge in [-0.15, -0.1) is 0 Å². The Kier molecular flexibility index (Phi) is 5.61. The Balaban J connectivity index is 2.54. The third kappa shape index (κ3) is 3.37. The monoisotopic (exact) mass is 280 g/mol. The fourth-order valence-electron chi connectivity index (χ4n) is 3.55. The van der Waals surface area contributed by atoms with E-state index in [1.807, 2.05) is 0 Å². The van der Waals surface area contributed by atoms with E-state index in [0.717, 1.165) is 32.1 Å². The molecule has 0 unspecified atom stereocenters. The molecule has 0 aromatic heterocycles. The minimum atomic E-state index is 1.06. The van der Waals surface area contributed by atoms with Gasteiger partial charge in [-0.2, -0.15) is 0 Å². The fraction of sp³-hybridized carbons (Fsp3) is 0.429. The molecule has 2 rings (SSSR count). The summed E-state index contributed by atoms with van der Waals surface area (Å²) >= 11 is 0. The van der Waals surface area contributed by atoms with Crippen LogP contribution in [0.15, 0.2) is 36.4 Å². The first-order valence-electron chi connectivity index (χ1n) is 8.44. The van der Waals surface area contributed by atoms with E-state index in [2.05, 4.69) is 64.1 Å². The molecule has 0 nitrogen and oxygen atoms in total. The Bertz CT molecular complexity index is 579. The predicted octanol–water partition coefficient (Wildman–Crippen LogP) is 5.53. The summed E-state index contributed by atoms with van der Waals surface area (Å²) in [5.41, 5.74) is 9.32. The minimum absolute atomic E-state index is 1.06. The molecule has 112 valence electrons. The normalized spacial score (nSPS) is 10.9. The summed E-state index contributed by atoms with van der Waals surface area (Å²) in [5, 5.41) is 0. The van der Waals surface area contributed by atoms with E-state index >= 15 is 0 Å². The quantitative estimate of drug-likeness (QED) is 0.653. The van der Waals surface area contributed by atoms with Gasteiger partial charge in [-0.3, -0.25) is 0 Å². The van der Waals surface area contributed by atoms with Gasteiger partial charge in [0.05, 0.1) is 0 Å². The molecule has 0 heterocycles. The lowest BCUT2D eigenvalue weighted by atomic mass is 9.85. The van der Waals surface area contributed by atoms with Crippen LogP contribution in [0.3, 0.4) is 0 Å². The molecule has 0 aliphatic heterocycles. The smallest absolute Gasteiger partial charge is 0.00228 e. The van der Waals surface area contributed by atoms with Gasteiger partial charge in [-0.05, 0) is 65.5 Å². The van der Waals surface area contributed by atoms with Crippen molar-refractivity contribution in [2.45, 2.75) is 59.8 Å². The maximum absolute atomic E-state index is 2.48. The molecule has 0 radical (unpaired) electrons. The molecule has 0 heteroatoms. The van der Waals surface area contributed by atoms with Crippen LogP contribution in [0.25, 0.3) is 0 Å². The maximum Gasteiger partial charge on any atom is -0.00228 e. The molecule has 0 spiro atoms. The Morgan fingerprint density at radius 2 is 1.19 bits per heavy atom. The number of rotatable bonds is 6. The summed E-state index contributed by atoms with van der Waals surface area (Å²) < 4.78 is 0. The summed E-state index contributed by atoms with van der Waals surface area (Å²) in [7, 11) is 0. The van der Waals surface area contributed by atoms with Crippen LogP contribution in [0.2, 0.25) is 0 Å². The van der Waals surface area contributed by atoms with Crippen LogP contribution < -0.4 is 0 Å². The standard InChI is InChI=1S/C21H28/c1-5-17-15-18(14-16-12-10-9-11-13-16)20(7-3)21(8-4)19(17)6-2/h9-13,15H,5-8,14H2,1-4H3. The Hall–Kier alpha value is -1.56. The SMILES string of the molecule is CCc1cc(Cc2ccccc2)c(CC)c(CC)c1CC. The van der Waals surface area contributed by atoms with Crippen molar-refractivity contribution in [3.63, 3.8) is 0 Å². The van der Waals surface area contributed by atoms with Gasteiger partial charge in [0, 0.05) is 0 Å². The fourth-order valence-corrected chi connectivity index (χ4v) is 3.55. The van der Waals surface area contributed by atoms with Gasteiger partial charge in [-0.1, -0.05) is 64.1 Å². The van der Waals surface area contributed by atoms with Crippen LogP contribution in [0.5, 0.6) is 0 Å². The molecule has 21 heavy (non-hydrogen) atoms. The average molecular weight is 280 g/mol. The topological polar surface area (TPSA) is 0 Å². The average Bonchev–Trinajstić information content (AvgIpc) is 2.54. The number of hydrogen-bond acceptors (Lipinski definition) is 0. The molecular formula is C21H28. The van der Waals surface area contributed by atoms with Gasteiger partial charge in [0.15, 0.2) is 0 Å². The number of aryl methyl sites for hydroxylation is 1. The highest BCUT2D eigenvalue weighted by molar-refractivity contribution is 5.48. The Morgan fingerprint density at radius 1 is 0.619 bits per heavy atom. The highest BCUT2D eigenvalue weighted by atomic mass is 14.2. The van der Waals surface area contributed by atoms with Crippen LogP contribution >= 0.6 is 0 Å². The Morgan fingerprint density at radius 3 is 1.71 bits per heavy atom. The molecule has 0 saturated heterocycles. The van der Waals surface area contributed by atoms with E-state index < -0.39 is 0 Å². The highest BCUT2D eigenvalue weighted by Gasteiger charge is 2.14. The van der Waals surface area contributed by atoms with Crippen molar-refractivity contribution in [3.05, 3.63) is 69.8 Å². The van der Waals surface area contributed by atoms with Crippen LogP contribution in [0.4, 0.5) is 0 Å². The van der Waals surface area contributed by atoms with E-state index in [-0.39, 0.29) is 0 Å². The predicted molar refractivity (Wildman–Crippen MR) is 93.2 cm³/mol. The van der Waals surface area contributed by atoms with Crippen LogP contribution in [0, 0.1) is 0 Å². The first-order chi connectivity index (χ1) is 10.2. The molecule has 2 aromatic rings. The van der Waals surface area contributed by atoms with Crippen molar-refractivity contribution in [3.8, 4) is 0 Å². The maximum atomic E-state index is 2.48. The molecule has 0 aliphatic rings. The molecule has 0 saturated carbocycles. The first kappa shape index (κ1) is 15.8. The second-order valence-corrected chi connectivity index (χ2v) is 5.71. The van der Waals surface area contributed by atoms with Crippen molar-refractivity contribution in [1.82, 2.24) is 0 Å². The van der Waals surface area contributed by atoms with Crippen molar-refractivity contribution in [2.75, 3.05) is 0 Å². The van der Waals surface area contributed by atoms with Crippen LogP contribution in [0.1, 0.15) is 61.1 Å². The third-order valence-corrected chi connectivity index (χ3v) is 4.53. The molecule has 0 atom stereocenters. The zero-order valence-corrected chi connectivity index (χ0v) is 14.0. The zero-order valence-electron chi connectivity index (χ0n) is 14.0. The van der Waals surface area contributed by atoms with E-state index in [1.54, 1.807) is 22.3 Å². The van der Waals surface area contributed by atoms with E-state index in [0.29, 0.717) is 0 Å². The lowest BCUT2D eigenvalue weighted by molar-refractivity contribution is 0.921. The van der Waals surface area contributed by atoms with Crippen molar-refractivity contribution < 1.29 is 0 Å². The van der Waals surface area contributed by atoms with Gasteiger partial charge >= 0.3 is 0 Å². The molecule has 0 N–H and O–H groups in total. The van der Waals surface area contributed by atoms with Crippen molar-refractivity contribution in [2.24, 2.45) is 0 Å². The molecule has 0 fully saturated rings. The van der Waals surface area contributed by atoms with Gasteiger partial charge in [0.2, 0.25) is 0 Å². The van der Waals surface area contributed by atoms with Crippen molar-refractivity contribution in [1.29, 1.82) is 0 Å². The van der Waals surface area contributed by atoms with Crippen molar-refractivity contribution >= 4 is 0 Å². The molecule has 0 amide bonds. The first-order valence-corrected chi connectivity index (χ1v) is 8.44. The number of benzene rings is 2. The summed E-state index contributed by atoms with van der Waals surface area (Å²) in [5.74, 6) is 0. The van der Waals surface area contributed by atoms with Crippen LogP contribution in [-0.2, 0) is 32.1 Å². The molecule has 0 aliphatic carbocycles. The number of hydrogen-bond donors (Lipinski definition) is 0. The molecule has 2 aromatic carbocycles. The Labute approximate surface area is 130 Å². The highest BCUT2D eigenvalue weighted by Crippen LogP contribution is 2.27. The lowest BCUT2D eigenvalue weighted by Gasteiger charge is -2.20. The summed E-state index contributed by atoms with van der Waals surface area (Å²) in [4.78, 5) is 0. The summed E-state index contributed by atoms with van der Waals surface area (Å²) in [6.07, 6.45) is 5.66. The van der Waals surface area contributed by atoms with E-state index in [9.17, 15) is 0 Å². The molecular weight excluding hydrogens is 252 g/mol. The lowest BCUT2D eigenvalue weighted by Crippen LogP contribution is -2.07. The second kappa shape index (κ2) is 7.45. The minimum Gasteiger partial charge on any atom is -0.0622 e. The summed E-state index contributed by atoms with van der Waals surface area (Å²) in [6.45, 7) is 9.18. The van der Waals surface area contributed by atoms with E-state index in [1.165, 1.54) is 11.1 Å². The largest absolute Gasteiger partial charge is 0.0622 e. The van der Waals surface area contributed by atoms with E-state index in [4.69, 9.17) is 0 Å².